The lowest BCUT2D eigenvalue weighted by atomic mass is 9.86. The average molecular weight is 258 g/mol. The number of hydrogen-bond donors (Lipinski definition) is 2. The van der Waals surface area contributed by atoms with Gasteiger partial charge in [-0.15, -0.1) is 0 Å². The Kier molecular flexibility index (Phi) is 8.95. The standard InChI is InChI=1S/C11H19BO6/c1-3-17-10(13)9(11(14)18-4-2)7-5-6-8-12(15)16/h5-6,9,15-16H,3-4,7-8H2,1-2H3/b6-5+. The van der Waals surface area contributed by atoms with Crippen molar-refractivity contribution in [1.82, 2.24) is 0 Å². The second-order valence-corrected chi connectivity index (χ2v) is 3.48. The SMILES string of the molecule is CCOC(=O)C(C/C=C/CB(O)O)C(=O)OCC. The summed E-state index contributed by atoms with van der Waals surface area (Å²) >= 11 is 0. The maximum Gasteiger partial charge on any atom is 0.455 e. The molecule has 0 aromatic carbocycles. The first kappa shape index (κ1) is 16.7. The van der Waals surface area contributed by atoms with Gasteiger partial charge in [0.25, 0.3) is 0 Å². The summed E-state index contributed by atoms with van der Waals surface area (Å²) < 4.78 is 9.55. The first-order chi connectivity index (χ1) is 8.52. The number of esters is 2. The Morgan fingerprint density at radius 2 is 1.61 bits per heavy atom. The molecule has 102 valence electrons. The van der Waals surface area contributed by atoms with E-state index in [4.69, 9.17) is 19.5 Å². The van der Waals surface area contributed by atoms with Crippen molar-refractivity contribution in [2.24, 2.45) is 5.92 Å². The van der Waals surface area contributed by atoms with E-state index >= 15 is 0 Å². The Hall–Kier alpha value is -1.34. The molecule has 0 unspecified atom stereocenters. The van der Waals surface area contributed by atoms with Gasteiger partial charge in [0.2, 0.25) is 0 Å². The van der Waals surface area contributed by atoms with Crippen molar-refractivity contribution in [3.05, 3.63) is 12.2 Å². The minimum absolute atomic E-state index is 0.0401. The second kappa shape index (κ2) is 9.67. The van der Waals surface area contributed by atoms with E-state index < -0.39 is 25.0 Å². The second-order valence-electron chi connectivity index (χ2n) is 3.48. The highest BCUT2D eigenvalue weighted by molar-refractivity contribution is 6.41. The first-order valence-corrected chi connectivity index (χ1v) is 5.87. The molecule has 0 aliphatic carbocycles. The van der Waals surface area contributed by atoms with E-state index in [0.717, 1.165) is 0 Å². The van der Waals surface area contributed by atoms with Gasteiger partial charge in [-0.1, -0.05) is 12.2 Å². The fraction of sp³-hybridized carbons (Fsp3) is 0.636. The molecule has 0 spiro atoms. The third kappa shape index (κ3) is 7.08. The Labute approximate surface area is 107 Å². The van der Waals surface area contributed by atoms with Crippen LogP contribution in [0.25, 0.3) is 0 Å². The molecule has 0 heterocycles. The molecule has 0 amide bonds. The Balaban J connectivity index is 4.42. The lowest BCUT2D eigenvalue weighted by Crippen LogP contribution is -2.27. The van der Waals surface area contributed by atoms with Crippen LogP contribution < -0.4 is 0 Å². The molecule has 0 aliphatic heterocycles. The van der Waals surface area contributed by atoms with E-state index in [1.165, 1.54) is 12.2 Å². The van der Waals surface area contributed by atoms with Gasteiger partial charge in [0.15, 0.2) is 5.92 Å². The topological polar surface area (TPSA) is 93.1 Å². The van der Waals surface area contributed by atoms with Crippen molar-refractivity contribution in [2.45, 2.75) is 26.6 Å². The summed E-state index contributed by atoms with van der Waals surface area (Å²) in [6.45, 7) is 3.68. The normalized spacial score (nSPS) is 10.7. The third-order valence-corrected chi connectivity index (χ3v) is 2.03. The number of allylic oxidation sites excluding steroid dienone is 2. The summed E-state index contributed by atoms with van der Waals surface area (Å²) in [5.74, 6) is -2.27. The number of rotatable bonds is 8. The molecule has 0 fully saturated rings. The quantitative estimate of drug-likeness (QED) is 0.278. The van der Waals surface area contributed by atoms with Crippen molar-refractivity contribution >= 4 is 19.1 Å². The van der Waals surface area contributed by atoms with Gasteiger partial charge in [0, 0.05) is 0 Å². The minimum Gasteiger partial charge on any atom is -0.465 e. The Bertz CT molecular complexity index is 271. The molecule has 0 radical (unpaired) electrons. The molecule has 0 rings (SSSR count). The highest BCUT2D eigenvalue weighted by Gasteiger charge is 2.28. The zero-order chi connectivity index (χ0) is 14.0. The molecule has 7 heteroatoms. The molecule has 18 heavy (non-hydrogen) atoms. The van der Waals surface area contributed by atoms with E-state index in [0.29, 0.717) is 0 Å². The van der Waals surface area contributed by atoms with Crippen molar-refractivity contribution < 1.29 is 29.1 Å². The zero-order valence-corrected chi connectivity index (χ0v) is 10.7. The summed E-state index contributed by atoms with van der Waals surface area (Å²) in [6, 6.07) is 0. The fourth-order valence-electron chi connectivity index (χ4n) is 1.22. The summed E-state index contributed by atoms with van der Waals surface area (Å²) in [5, 5.41) is 17.3. The van der Waals surface area contributed by atoms with Crippen LogP contribution in [-0.4, -0.2) is 42.3 Å². The van der Waals surface area contributed by atoms with Crippen LogP contribution in [0.3, 0.4) is 0 Å². The van der Waals surface area contributed by atoms with Gasteiger partial charge in [0.05, 0.1) is 13.2 Å². The van der Waals surface area contributed by atoms with Crippen LogP contribution in [-0.2, 0) is 19.1 Å². The first-order valence-electron chi connectivity index (χ1n) is 5.87. The van der Waals surface area contributed by atoms with Gasteiger partial charge >= 0.3 is 19.1 Å². The molecule has 6 nitrogen and oxygen atoms in total. The predicted octanol–water partition coefficient (Wildman–Crippen LogP) is 0.148. The smallest absolute Gasteiger partial charge is 0.455 e. The Morgan fingerprint density at radius 3 is 2.00 bits per heavy atom. The summed E-state index contributed by atoms with van der Waals surface area (Å²) in [6.07, 6.45) is 3.16. The van der Waals surface area contributed by atoms with E-state index in [2.05, 4.69) is 0 Å². The van der Waals surface area contributed by atoms with Crippen LogP contribution in [0.2, 0.25) is 6.32 Å². The maximum atomic E-state index is 11.5. The average Bonchev–Trinajstić information content (AvgIpc) is 2.28. The van der Waals surface area contributed by atoms with Gasteiger partial charge in [-0.25, -0.2) is 0 Å². The molecular formula is C11H19BO6. The van der Waals surface area contributed by atoms with Crippen LogP contribution in [0.15, 0.2) is 12.2 Å². The van der Waals surface area contributed by atoms with Crippen LogP contribution in [0, 0.1) is 5.92 Å². The van der Waals surface area contributed by atoms with Crippen LogP contribution in [0.4, 0.5) is 0 Å². The van der Waals surface area contributed by atoms with Crippen molar-refractivity contribution in [3.8, 4) is 0 Å². The maximum absolute atomic E-state index is 11.5. The molecule has 2 N–H and O–H groups in total. The lowest BCUT2D eigenvalue weighted by Gasteiger charge is -2.12. The minimum atomic E-state index is -1.44. The van der Waals surface area contributed by atoms with E-state index in [1.54, 1.807) is 13.8 Å². The molecule has 0 bridgehead atoms. The number of carbonyl (C=O) groups is 2. The largest absolute Gasteiger partial charge is 0.465 e. The Morgan fingerprint density at radius 1 is 1.11 bits per heavy atom. The fourth-order valence-corrected chi connectivity index (χ4v) is 1.22. The number of carbonyl (C=O) groups excluding carboxylic acids is 2. The molecule has 0 aromatic heterocycles. The highest BCUT2D eigenvalue weighted by atomic mass is 16.6. The molecule has 0 atom stereocenters. The van der Waals surface area contributed by atoms with Gasteiger partial charge in [0.1, 0.15) is 0 Å². The summed E-state index contributed by atoms with van der Waals surface area (Å²) in [7, 11) is -1.44. The van der Waals surface area contributed by atoms with E-state index in [1.807, 2.05) is 0 Å². The van der Waals surface area contributed by atoms with Gasteiger partial charge in [-0.2, -0.15) is 0 Å². The summed E-state index contributed by atoms with van der Waals surface area (Å²) in [5.41, 5.74) is 0. The van der Waals surface area contributed by atoms with Crippen LogP contribution >= 0.6 is 0 Å². The van der Waals surface area contributed by atoms with Gasteiger partial charge < -0.3 is 19.5 Å². The number of ether oxygens (including phenoxy) is 2. The van der Waals surface area contributed by atoms with E-state index in [9.17, 15) is 9.59 Å². The summed E-state index contributed by atoms with van der Waals surface area (Å²) in [4.78, 5) is 23.1. The molecular weight excluding hydrogens is 239 g/mol. The molecule has 0 aliphatic rings. The zero-order valence-electron chi connectivity index (χ0n) is 10.7. The number of hydrogen-bond acceptors (Lipinski definition) is 6. The lowest BCUT2D eigenvalue weighted by molar-refractivity contribution is -0.161. The van der Waals surface area contributed by atoms with Crippen LogP contribution in [0.1, 0.15) is 20.3 Å². The highest BCUT2D eigenvalue weighted by Crippen LogP contribution is 2.10. The van der Waals surface area contributed by atoms with Crippen molar-refractivity contribution in [3.63, 3.8) is 0 Å². The molecule has 0 saturated heterocycles. The third-order valence-electron chi connectivity index (χ3n) is 2.03. The van der Waals surface area contributed by atoms with Gasteiger partial charge in [-0.05, 0) is 26.6 Å². The van der Waals surface area contributed by atoms with Gasteiger partial charge in [-0.3, -0.25) is 9.59 Å². The monoisotopic (exact) mass is 258 g/mol. The van der Waals surface area contributed by atoms with Crippen LogP contribution in [0.5, 0.6) is 0 Å². The van der Waals surface area contributed by atoms with E-state index in [-0.39, 0.29) is 26.0 Å². The molecule has 0 aromatic rings. The molecule has 0 saturated carbocycles. The van der Waals surface area contributed by atoms with Crippen molar-refractivity contribution in [1.29, 1.82) is 0 Å². The van der Waals surface area contributed by atoms with Crippen molar-refractivity contribution in [2.75, 3.05) is 13.2 Å². The predicted molar refractivity (Wildman–Crippen MR) is 65.5 cm³/mol.